The van der Waals surface area contributed by atoms with Crippen LogP contribution < -0.4 is 0 Å². The molecule has 0 N–H and O–H groups in total. The van der Waals surface area contributed by atoms with Gasteiger partial charge < -0.3 is 4.74 Å². The zero-order valence-electron chi connectivity index (χ0n) is 16.0. The number of benzene rings is 2. The van der Waals surface area contributed by atoms with Gasteiger partial charge in [0.15, 0.2) is 5.78 Å². The number of rotatable bonds is 6. The Labute approximate surface area is 179 Å². The lowest BCUT2D eigenvalue weighted by Gasteiger charge is -2.33. The quantitative estimate of drug-likeness (QED) is 0.462. The standard InChI is InChI=1S/C21H22BrNO5S/c1-15(24)17-8-10-19(11-9-17)29(26,27)23-12-3-2-7-20(23)21(25)28-14-16-5-4-6-18(22)13-16/h4-6,8-11,13,20H,2-3,7,12,14H2,1H3. The van der Waals surface area contributed by atoms with E-state index in [2.05, 4.69) is 15.9 Å². The molecule has 1 fully saturated rings. The molecular formula is C21H22BrNO5S. The fourth-order valence-corrected chi connectivity index (χ4v) is 5.40. The van der Waals surface area contributed by atoms with Gasteiger partial charge in [0.05, 0.1) is 4.90 Å². The lowest BCUT2D eigenvalue weighted by Crippen LogP contribution is -2.48. The van der Waals surface area contributed by atoms with Crippen molar-refractivity contribution in [2.45, 2.75) is 43.7 Å². The molecule has 1 heterocycles. The fourth-order valence-electron chi connectivity index (χ4n) is 3.30. The van der Waals surface area contributed by atoms with E-state index in [9.17, 15) is 18.0 Å². The minimum Gasteiger partial charge on any atom is -0.460 e. The summed E-state index contributed by atoms with van der Waals surface area (Å²) < 4.78 is 33.8. The zero-order chi connectivity index (χ0) is 21.0. The number of carbonyl (C=O) groups excluding carboxylic acids is 2. The summed E-state index contributed by atoms with van der Waals surface area (Å²) in [6, 6.07) is 12.3. The van der Waals surface area contributed by atoms with Crippen molar-refractivity contribution in [3.63, 3.8) is 0 Å². The third-order valence-corrected chi connectivity index (χ3v) is 7.28. The molecule has 0 aromatic heterocycles. The van der Waals surface area contributed by atoms with E-state index in [1.54, 1.807) is 0 Å². The summed E-state index contributed by atoms with van der Waals surface area (Å²) in [5, 5.41) is 0. The van der Waals surface area contributed by atoms with Gasteiger partial charge in [-0.05, 0) is 56.0 Å². The Morgan fingerprint density at radius 2 is 1.86 bits per heavy atom. The first kappa shape index (κ1) is 21.7. The molecule has 1 saturated heterocycles. The molecule has 8 heteroatoms. The van der Waals surface area contributed by atoms with Gasteiger partial charge in [-0.1, -0.05) is 40.2 Å². The van der Waals surface area contributed by atoms with Crippen molar-refractivity contribution in [1.82, 2.24) is 4.31 Å². The smallest absolute Gasteiger partial charge is 0.324 e. The Kier molecular flexibility index (Phi) is 6.87. The Hall–Kier alpha value is -2.03. The lowest BCUT2D eigenvalue weighted by atomic mass is 10.1. The average Bonchev–Trinajstić information content (AvgIpc) is 2.72. The highest BCUT2D eigenvalue weighted by molar-refractivity contribution is 9.10. The number of carbonyl (C=O) groups is 2. The summed E-state index contributed by atoms with van der Waals surface area (Å²) in [6.07, 6.45) is 1.86. The van der Waals surface area contributed by atoms with Gasteiger partial charge in [-0.3, -0.25) is 9.59 Å². The second kappa shape index (κ2) is 9.19. The second-order valence-corrected chi connectivity index (χ2v) is 9.75. The van der Waals surface area contributed by atoms with Crippen LogP contribution in [0.25, 0.3) is 0 Å². The van der Waals surface area contributed by atoms with Gasteiger partial charge >= 0.3 is 5.97 Å². The van der Waals surface area contributed by atoms with Crippen molar-refractivity contribution in [3.8, 4) is 0 Å². The molecule has 0 spiro atoms. The lowest BCUT2D eigenvalue weighted by molar-refractivity contribution is -0.150. The van der Waals surface area contributed by atoms with Crippen molar-refractivity contribution in [1.29, 1.82) is 0 Å². The Bertz CT molecular complexity index is 1000. The number of sulfonamides is 1. The molecule has 1 aliphatic heterocycles. The van der Waals surface area contributed by atoms with E-state index in [-0.39, 0.29) is 23.8 Å². The van der Waals surface area contributed by atoms with Gasteiger partial charge in [0, 0.05) is 16.6 Å². The topological polar surface area (TPSA) is 80.8 Å². The van der Waals surface area contributed by atoms with Crippen LogP contribution >= 0.6 is 15.9 Å². The molecule has 0 amide bonds. The minimum atomic E-state index is -3.87. The first-order valence-corrected chi connectivity index (χ1v) is 11.6. The van der Waals surface area contributed by atoms with Crippen LogP contribution in [0.2, 0.25) is 0 Å². The number of halogens is 1. The highest BCUT2D eigenvalue weighted by atomic mass is 79.9. The van der Waals surface area contributed by atoms with Crippen molar-refractivity contribution in [2.75, 3.05) is 6.54 Å². The third kappa shape index (κ3) is 5.12. The summed E-state index contributed by atoms with van der Waals surface area (Å²) in [4.78, 5) is 24.2. The zero-order valence-corrected chi connectivity index (χ0v) is 18.4. The van der Waals surface area contributed by atoms with E-state index in [1.807, 2.05) is 24.3 Å². The van der Waals surface area contributed by atoms with Gasteiger partial charge in [-0.25, -0.2) is 8.42 Å². The summed E-state index contributed by atoms with van der Waals surface area (Å²) in [6.45, 7) is 1.76. The van der Waals surface area contributed by atoms with Gasteiger partial charge in [0.25, 0.3) is 0 Å². The van der Waals surface area contributed by atoms with E-state index in [4.69, 9.17) is 4.74 Å². The first-order chi connectivity index (χ1) is 13.8. The van der Waals surface area contributed by atoms with Crippen LogP contribution in [-0.4, -0.2) is 37.1 Å². The number of ether oxygens (including phenoxy) is 1. The van der Waals surface area contributed by atoms with Crippen LogP contribution in [0.1, 0.15) is 42.1 Å². The fraction of sp³-hybridized carbons (Fsp3) is 0.333. The molecule has 0 radical (unpaired) electrons. The molecule has 1 unspecified atom stereocenters. The largest absolute Gasteiger partial charge is 0.460 e. The predicted molar refractivity (Wildman–Crippen MR) is 112 cm³/mol. The number of nitrogens with zero attached hydrogens (tertiary/aromatic N) is 1. The number of esters is 1. The number of hydrogen-bond acceptors (Lipinski definition) is 5. The van der Waals surface area contributed by atoms with E-state index in [0.29, 0.717) is 18.4 Å². The van der Waals surface area contributed by atoms with E-state index in [1.165, 1.54) is 35.5 Å². The molecule has 1 aliphatic rings. The van der Waals surface area contributed by atoms with Gasteiger partial charge in [0.2, 0.25) is 10.0 Å². The first-order valence-electron chi connectivity index (χ1n) is 9.33. The summed E-state index contributed by atoms with van der Waals surface area (Å²) in [5.74, 6) is -0.686. The maximum Gasteiger partial charge on any atom is 0.324 e. The van der Waals surface area contributed by atoms with Crippen LogP contribution in [0, 0.1) is 0 Å². The normalized spacial score (nSPS) is 17.7. The van der Waals surface area contributed by atoms with Crippen molar-refractivity contribution >= 4 is 37.7 Å². The second-order valence-electron chi connectivity index (χ2n) is 6.95. The van der Waals surface area contributed by atoms with Gasteiger partial charge in [-0.2, -0.15) is 4.31 Å². The minimum absolute atomic E-state index is 0.0641. The van der Waals surface area contributed by atoms with Crippen LogP contribution in [0.15, 0.2) is 57.9 Å². The van der Waals surface area contributed by atoms with Crippen LogP contribution in [0.3, 0.4) is 0 Å². The van der Waals surface area contributed by atoms with Crippen molar-refractivity contribution < 1.29 is 22.7 Å². The highest BCUT2D eigenvalue weighted by Crippen LogP contribution is 2.27. The van der Waals surface area contributed by atoms with E-state index < -0.39 is 22.0 Å². The van der Waals surface area contributed by atoms with Gasteiger partial charge in [-0.15, -0.1) is 0 Å². The number of piperidine rings is 1. The Morgan fingerprint density at radius 3 is 2.52 bits per heavy atom. The summed E-state index contributed by atoms with van der Waals surface area (Å²) in [5.41, 5.74) is 1.25. The molecule has 0 bridgehead atoms. The third-order valence-electron chi connectivity index (χ3n) is 4.86. The molecule has 2 aromatic carbocycles. The number of hydrogen-bond donors (Lipinski definition) is 0. The van der Waals surface area contributed by atoms with Crippen LogP contribution in [-0.2, 0) is 26.2 Å². The number of Topliss-reactive ketones (excluding diaryl/α,β-unsaturated/α-hetero) is 1. The molecule has 1 atom stereocenters. The maximum absolute atomic E-state index is 13.1. The molecule has 3 rings (SSSR count). The van der Waals surface area contributed by atoms with E-state index in [0.717, 1.165) is 16.5 Å². The van der Waals surface area contributed by atoms with Crippen molar-refractivity contribution in [3.05, 3.63) is 64.1 Å². The van der Waals surface area contributed by atoms with Gasteiger partial charge in [0.1, 0.15) is 12.6 Å². The molecule has 0 aliphatic carbocycles. The molecule has 0 saturated carbocycles. The Morgan fingerprint density at radius 1 is 1.14 bits per heavy atom. The molecule has 154 valence electrons. The average molecular weight is 480 g/mol. The van der Waals surface area contributed by atoms with Crippen LogP contribution in [0.4, 0.5) is 0 Å². The monoisotopic (exact) mass is 479 g/mol. The molecule has 2 aromatic rings. The van der Waals surface area contributed by atoms with Crippen LogP contribution in [0.5, 0.6) is 0 Å². The van der Waals surface area contributed by atoms with E-state index >= 15 is 0 Å². The molecule has 29 heavy (non-hydrogen) atoms. The maximum atomic E-state index is 13.1. The summed E-state index contributed by atoms with van der Waals surface area (Å²) in [7, 11) is -3.87. The summed E-state index contributed by atoms with van der Waals surface area (Å²) >= 11 is 3.37. The highest BCUT2D eigenvalue weighted by Gasteiger charge is 2.38. The Balaban J connectivity index is 1.77. The molecule has 6 nitrogen and oxygen atoms in total. The predicted octanol–water partition coefficient (Wildman–Crippen LogP) is 3.94. The molecular weight excluding hydrogens is 458 g/mol. The SMILES string of the molecule is CC(=O)c1ccc(S(=O)(=O)N2CCCCC2C(=O)OCc2cccc(Br)c2)cc1. The van der Waals surface area contributed by atoms with Crippen molar-refractivity contribution in [2.24, 2.45) is 0 Å². The number of ketones is 1.